The number of hydrogen-bond donors (Lipinski definition) is 1. The van der Waals surface area contributed by atoms with Crippen LogP contribution in [0.1, 0.15) is 25.3 Å². The first kappa shape index (κ1) is 14.9. The zero-order chi connectivity index (χ0) is 15.5. The van der Waals surface area contributed by atoms with Gasteiger partial charge in [-0.1, -0.05) is 13.0 Å². The van der Waals surface area contributed by atoms with Gasteiger partial charge in [0.25, 0.3) is 0 Å². The van der Waals surface area contributed by atoms with Crippen LogP contribution in [0.15, 0.2) is 18.2 Å². The molecule has 1 aromatic rings. The number of carbonyl (C=O) groups is 1. The highest BCUT2D eigenvalue weighted by Crippen LogP contribution is 2.32. The number of amides is 1. The van der Waals surface area contributed by atoms with Gasteiger partial charge in [-0.25, -0.2) is 0 Å². The summed E-state index contributed by atoms with van der Waals surface area (Å²) in [6.45, 7) is 4.23. The van der Waals surface area contributed by atoms with E-state index in [1.807, 2.05) is 30.1 Å². The molecule has 0 aliphatic carbocycles. The van der Waals surface area contributed by atoms with Crippen LogP contribution in [0.4, 0.5) is 0 Å². The molecule has 1 saturated heterocycles. The summed E-state index contributed by atoms with van der Waals surface area (Å²) in [5.41, 5.74) is 1.05. The highest BCUT2D eigenvalue weighted by atomic mass is 32.1. The minimum absolute atomic E-state index is 0.102. The Bertz CT molecular complexity index is 593. The van der Waals surface area contributed by atoms with Crippen LogP contribution < -0.4 is 14.8 Å². The molecule has 2 heterocycles. The third kappa shape index (κ3) is 2.94. The van der Waals surface area contributed by atoms with E-state index in [1.165, 1.54) is 0 Å². The Morgan fingerprint density at radius 2 is 2.05 bits per heavy atom. The maximum atomic E-state index is 11.9. The lowest BCUT2D eigenvalue weighted by atomic mass is 10.2. The Balaban J connectivity index is 1.59. The summed E-state index contributed by atoms with van der Waals surface area (Å²) in [6, 6.07) is 5.81. The van der Waals surface area contributed by atoms with Gasteiger partial charge in [0.2, 0.25) is 12.7 Å². The smallest absolute Gasteiger partial charge is 0.240 e. The standard InChI is InChI=1S/C15H19N3O3S/c1-2-14(19)17-6-3-7-18(17)15(22)16-9-11-4-5-12-13(8-11)21-10-20-12/h4-5,8H,2-3,6-7,9-10H2,1H3,(H,16,22). The Morgan fingerprint density at radius 1 is 1.27 bits per heavy atom. The number of nitrogens with zero attached hydrogens (tertiary/aromatic N) is 2. The molecule has 0 spiro atoms. The fourth-order valence-electron chi connectivity index (χ4n) is 2.58. The number of benzene rings is 1. The van der Waals surface area contributed by atoms with E-state index in [-0.39, 0.29) is 12.7 Å². The Morgan fingerprint density at radius 3 is 2.86 bits per heavy atom. The van der Waals surface area contributed by atoms with Crippen LogP contribution in [0.2, 0.25) is 0 Å². The molecule has 3 rings (SSSR count). The van der Waals surface area contributed by atoms with E-state index in [0.717, 1.165) is 36.6 Å². The van der Waals surface area contributed by atoms with Crippen molar-refractivity contribution in [3.8, 4) is 11.5 Å². The summed E-state index contributed by atoms with van der Waals surface area (Å²) >= 11 is 5.42. The van der Waals surface area contributed by atoms with Gasteiger partial charge in [-0.15, -0.1) is 0 Å². The molecular weight excluding hydrogens is 302 g/mol. The van der Waals surface area contributed by atoms with Gasteiger partial charge >= 0.3 is 0 Å². The fraction of sp³-hybridized carbons (Fsp3) is 0.467. The van der Waals surface area contributed by atoms with Crippen molar-refractivity contribution in [2.24, 2.45) is 0 Å². The molecule has 0 radical (unpaired) electrons. The van der Waals surface area contributed by atoms with Gasteiger partial charge in [-0.05, 0) is 36.3 Å². The maximum absolute atomic E-state index is 11.9. The van der Waals surface area contributed by atoms with Crippen molar-refractivity contribution in [3.05, 3.63) is 23.8 Å². The molecule has 1 amide bonds. The van der Waals surface area contributed by atoms with Crippen molar-refractivity contribution in [1.29, 1.82) is 0 Å². The van der Waals surface area contributed by atoms with Crippen molar-refractivity contribution in [1.82, 2.24) is 15.3 Å². The highest BCUT2D eigenvalue weighted by molar-refractivity contribution is 7.80. The highest BCUT2D eigenvalue weighted by Gasteiger charge is 2.27. The molecule has 22 heavy (non-hydrogen) atoms. The van der Waals surface area contributed by atoms with Gasteiger partial charge < -0.3 is 14.8 Å². The van der Waals surface area contributed by atoms with Crippen molar-refractivity contribution in [2.75, 3.05) is 19.9 Å². The molecule has 0 aromatic heterocycles. The predicted molar refractivity (Wildman–Crippen MR) is 85.3 cm³/mol. The van der Waals surface area contributed by atoms with E-state index in [4.69, 9.17) is 21.7 Å². The third-order valence-electron chi connectivity index (χ3n) is 3.74. The lowest BCUT2D eigenvalue weighted by Crippen LogP contribution is -2.48. The third-order valence-corrected chi connectivity index (χ3v) is 4.09. The summed E-state index contributed by atoms with van der Waals surface area (Å²) in [5.74, 6) is 1.63. The summed E-state index contributed by atoms with van der Waals surface area (Å²) in [5, 5.41) is 7.38. The molecule has 6 nitrogen and oxygen atoms in total. The predicted octanol–water partition coefficient (Wildman–Crippen LogP) is 1.65. The van der Waals surface area contributed by atoms with Gasteiger partial charge in [-0.3, -0.25) is 14.8 Å². The molecule has 1 aromatic carbocycles. The first-order chi connectivity index (χ1) is 10.7. The Kier molecular flexibility index (Phi) is 4.33. The SMILES string of the molecule is CCC(=O)N1CCCN1C(=S)NCc1ccc2c(c1)OCO2. The second-order valence-corrected chi connectivity index (χ2v) is 5.58. The molecule has 0 atom stereocenters. The zero-order valence-electron chi connectivity index (χ0n) is 12.5. The van der Waals surface area contributed by atoms with E-state index < -0.39 is 0 Å². The fourth-order valence-corrected chi connectivity index (χ4v) is 2.85. The van der Waals surface area contributed by atoms with Gasteiger partial charge in [0.15, 0.2) is 16.6 Å². The van der Waals surface area contributed by atoms with Crippen molar-refractivity contribution >= 4 is 23.2 Å². The number of thiocarbonyl (C=S) groups is 1. The monoisotopic (exact) mass is 321 g/mol. The van der Waals surface area contributed by atoms with Crippen LogP contribution in [0, 0.1) is 0 Å². The molecular formula is C15H19N3O3S. The van der Waals surface area contributed by atoms with Gasteiger partial charge in [0.1, 0.15) is 0 Å². The maximum Gasteiger partial charge on any atom is 0.240 e. The van der Waals surface area contributed by atoms with Crippen LogP contribution in [-0.2, 0) is 11.3 Å². The summed E-state index contributed by atoms with van der Waals surface area (Å²) in [7, 11) is 0. The van der Waals surface area contributed by atoms with Crippen LogP contribution in [0.3, 0.4) is 0 Å². The number of hydrogen-bond acceptors (Lipinski definition) is 4. The van der Waals surface area contributed by atoms with Crippen LogP contribution in [0.25, 0.3) is 0 Å². The average molecular weight is 321 g/mol. The number of carbonyl (C=O) groups excluding carboxylic acids is 1. The quantitative estimate of drug-likeness (QED) is 0.855. The zero-order valence-corrected chi connectivity index (χ0v) is 13.3. The summed E-state index contributed by atoms with van der Waals surface area (Å²) in [4.78, 5) is 11.9. The first-order valence-electron chi connectivity index (χ1n) is 7.43. The van der Waals surface area contributed by atoms with E-state index in [2.05, 4.69) is 5.32 Å². The van der Waals surface area contributed by atoms with E-state index in [9.17, 15) is 4.79 Å². The normalized spacial score (nSPS) is 16.0. The van der Waals surface area contributed by atoms with E-state index >= 15 is 0 Å². The summed E-state index contributed by atoms with van der Waals surface area (Å²) < 4.78 is 10.7. The lowest BCUT2D eigenvalue weighted by molar-refractivity contribution is -0.138. The molecule has 0 unspecified atom stereocenters. The molecule has 7 heteroatoms. The molecule has 118 valence electrons. The molecule has 1 N–H and O–H groups in total. The topological polar surface area (TPSA) is 54.0 Å². The number of fused-ring (bicyclic) bond motifs is 1. The van der Waals surface area contributed by atoms with Crippen LogP contribution >= 0.6 is 12.2 Å². The number of ether oxygens (including phenoxy) is 2. The average Bonchev–Trinajstić information content (AvgIpc) is 3.19. The molecule has 0 saturated carbocycles. The largest absolute Gasteiger partial charge is 0.454 e. The second-order valence-electron chi connectivity index (χ2n) is 5.19. The van der Waals surface area contributed by atoms with E-state index in [0.29, 0.717) is 18.1 Å². The number of hydrazine groups is 1. The minimum atomic E-state index is 0.102. The van der Waals surface area contributed by atoms with Gasteiger partial charge in [0, 0.05) is 26.1 Å². The number of nitrogens with one attached hydrogen (secondary N) is 1. The first-order valence-corrected chi connectivity index (χ1v) is 7.84. The van der Waals surface area contributed by atoms with Crippen molar-refractivity contribution in [3.63, 3.8) is 0 Å². The van der Waals surface area contributed by atoms with Gasteiger partial charge in [-0.2, -0.15) is 0 Å². The minimum Gasteiger partial charge on any atom is -0.454 e. The molecule has 2 aliphatic rings. The van der Waals surface area contributed by atoms with E-state index in [1.54, 1.807) is 5.01 Å². The van der Waals surface area contributed by atoms with Gasteiger partial charge in [0.05, 0.1) is 0 Å². The van der Waals surface area contributed by atoms with Crippen molar-refractivity contribution in [2.45, 2.75) is 26.3 Å². The van der Waals surface area contributed by atoms with Crippen LogP contribution in [0.5, 0.6) is 11.5 Å². The Hall–Kier alpha value is -2.02. The van der Waals surface area contributed by atoms with Crippen LogP contribution in [-0.4, -0.2) is 40.9 Å². The molecule has 1 fully saturated rings. The summed E-state index contributed by atoms with van der Waals surface area (Å²) in [6.07, 6.45) is 1.43. The molecule has 0 bridgehead atoms. The van der Waals surface area contributed by atoms with Crippen molar-refractivity contribution < 1.29 is 14.3 Å². The second kappa shape index (κ2) is 6.39. The number of rotatable bonds is 3. The Labute approximate surface area is 134 Å². The lowest BCUT2D eigenvalue weighted by Gasteiger charge is -2.30. The molecule has 2 aliphatic heterocycles.